The molecule has 1 atom stereocenters. The third kappa shape index (κ3) is 4.02. The van der Waals surface area contributed by atoms with E-state index in [1.807, 2.05) is 6.92 Å². The lowest BCUT2D eigenvalue weighted by atomic mass is 9.73. The number of carbonyl (C=O) groups is 2. The molecular formula is C27H27FN6O2. The summed E-state index contributed by atoms with van der Waals surface area (Å²) in [7, 11) is 1.79. The molecule has 2 amide bonds. The number of rotatable bonds is 6. The molecule has 184 valence electrons. The first-order valence-electron chi connectivity index (χ1n) is 11.9. The Balaban J connectivity index is 1.34. The number of pyridine rings is 1. The minimum atomic E-state index is -1.02. The van der Waals surface area contributed by atoms with E-state index in [4.69, 9.17) is 0 Å². The molecule has 1 saturated heterocycles. The molecule has 1 aliphatic carbocycles. The van der Waals surface area contributed by atoms with Gasteiger partial charge in [0.1, 0.15) is 16.9 Å². The number of aromatic nitrogens is 3. The number of anilines is 1. The summed E-state index contributed by atoms with van der Waals surface area (Å²) < 4.78 is 15.9. The largest absolute Gasteiger partial charge is 0.347 e. The average molecular weight is 487 g/mol. The van der Waals surface area contributed by atoms with Crippen molar-refractivity contribution in [2.24, 2.45) is 17.9 Å². The van der Waals surface area contributed by atoms with Crippen LogP contribution < -0.4 is 10.2 Å². The van der Waals surface area contributed by atoms with E-state index in [2.05, 4.69) is 21.5 Å². The lowest BCUT2D eigenvalue weighted by Crippen LogP contribution is -2.39. The molecule has 2 fully saturated rings. The van der Waals surface area contributed by atoms with Crippen LogP contribution in [0.3, 0.4) is 0 Å². The van der Waals surface area contributed by atoms with Crippen molar-refractivity contribution in [3.8, 4) is 17.2 Å². The van der Waals surface area contributed by atoms with Crippen LogP contribution in [0.15, 0.2) is 42.7 Å². The zero-order valence-corrected chi connectivity index (χ0v) is 20.5. The van der Waals surface area contributed by atoms with Gasteiger partial charge in [-0.1, -0.05) is 6.92 Å². The van der Waals surface area contributed by atoms with E-state index in [0.717, 1.165) is 18.4 Å². The predicted molar refractivity (Wildman–Crippen MR) is 131 cm³/mol. The molecule has 3 aromatic rings. The maximum Gasteiger partial charge on any atom is 0.270 e. The number of benzene rings is 1. The van der Waals surface area contributed by atoms with Crippen LogP contribution in [0.2, 0.25) is 0 Å². The van der Waals surface area contributed by atoms with Gasteiger partial charge in [0.25, 0.3) is 5.91 Å². The smallest absolute Gasteiger partial charge is 0.270 e. The van der Waals surface area contributed by atoms with E-state index in [9.17, 15) is 19.2 Å². The first-order chi connectivity index (χ1) is 17.1. The molecular weight excluding hydrogens is 459 g/mol. The fraction of sp³-hybridized carbons (Fsp3) is 0.370. The standard InChI is InChI=1S/C27H27FN6O2/c1-17-8-22(34-7-6-27(16-29,25(34)36)26(2)4-5-26)12-23(32-17)24(35)30-13-18-9-19(11-21(28)10-18)20-14-31-33(3)15-20/h8-12,14-15H,4-7,13H2,1-3H3,(H,30,35)/t27-/m1/s1. The monoisotopic (exact) mass is 486 g/mol. The minimum Gasteiger partial charge on any atom is -0.347 e. The number of nitrogens with one attached hydrogen (secondary N) is 1. The Bertz CT molecular complexity index is 1420. The average Bonchev–Trinajstić information content (AvgIpc) is 3.29. The van der Waals surface area contributed by atoms with Crippen LogP contribution in [0.4, 0.5) is 10.1 Å². The highest BCUT2D eigenvalue weighted by molar-refractivity contribution is 6.03. The Kier molecular flexibility index (Phi) is 5.62. The van der Waals surface area contributed by atoms with Crippen molar-refractivity contribution in [1.29, 1.82) is 5.26 Å². The molecule has 9 heteroatoms. The van der Waals surface area contributed by atoms with E-state index < -0.39 is 17.1 Å². The third-order valence-electron chi connectivity index (χ3n) is 7.47. The van der Waals surface area contributed by atoms with E-state index in [-0.39, 0.29) is 23.6 Å². The minimum absolute atomic E-state index is 0.105. The first-order valence-corrected chi connectivity index (χ1v) is 11.9. The van der Waals surface area contributed by atoms with Crippen LogP contribution in [0.5, 0.6) is 0 Å². The Morgan fingerprint density at radius 3 is 2.64 bits per heavy atom. The van der Waals surface area contributed by atoms with E-state index >= 15 is 0 Å². The van der Waals surface area contributed by atoms with Gasteiger partial charge in [-0.05, 0) is 73.1 Å². The summed E-state index contributed by atoms with van der Waals surface area (Å²) in [6, 6.07) is 10.3. The van der Waals surface area contributed by atoms with Crippen LogP contribution in [0, 0.1) is 34.9 Å². The van der Waals surface area contributed by atoms with Gasteiger partial charge >= 0.3 is 0 Å². The molecule has 3 heterocycles. The van der Waals surface area contributed by atoms with Crippen molar-refractivity contribution in [2.45, 2.75) is 39.7 Å². The fourth-order valence-electron chi connectivity index (χ4n) is 5.06. The van der Waals surface area contributed by atoms with E-state index in [1.165, 1.54) is 12.1 Å². The molecule has 0 bridgehead atoms. The number of hydrogen-bond donors (Lipinski definition) is 1. The summed E-state index contributed by atoms with van der Waals surface area (Å²) in [6.07, 6.45) is 5.65. The molecule has 2 aromatic heterocycles. The van der Waals surface area contributed by atoms with Gasteiger partial charge in [0.15, 0.2) is 0 Å². The van der Waals surface area contributed by atoms with Crippen molar-refractivity contribution in [3.63, 3.8) is 0 Å². The quantitative estimate of drug-likeness (QED) is 0.569. The highest BCUT2D eigenvalue weighted by Crippen LogP contribution is 2.62. The second kappa shape index (κ2) is 8.55. The molecule has 0 unspecified atom stereocenters. The SMILES string of the molecule is Cc1cc(N2CC[C@](C#N)(C3(C)CC3)C2=O)cc(C(=O)NCc2cc(F)cc(-c3cnn(C)c3)c2)n1. The van der Waals surface area contributed by atoms with Crippen LogP contribution in [0.25, 0.3) is 11.1 Å². The summed E-state index contributed by atoms with van der Waals surface area (Å²) in [5, 5.41) is 16.8. The topological polar surface area (TPSA) is 104 Å². The van der Waals surface area contributed by atoms with Crippen LogP contribution >= 0.6 is 0 Å². The number of carbonyl (C=O) groups excluding carboxylic acids is 2. The van der Waals surface area contributed by atoms with Gasteiger partial charge in [0.2, 0.25) is 5.91 Å². The van der Waals surface area contributed by atoms with Gasteiger partial charge in [-0.2, -0.15) is 10.4 Å². The van der Waals surface area contributed by atoms with Gasteiger partial charge in [-0.25, -0.2) is 9.37 Å². The molecule has 0 spiro atoms. The summed E-state index contributed by atoms with van der Waals surface area (Å²) in [5.41, 5.74) is 2.05. The second-order valence-electron chi connectivity index (χ2n) is 10.1. The molecule has 1 aromatic carbocycles. The molecule has 36 heavy (non-hydrogen) atoms. The second-order valence-corrected chi connectivity index (χ2v) is 10.1. The Morgan fingerprint density at radius 1 is 1.19 bits per heavy atom. The van der Waals surface area contributed by atoms with Crippen molar-refractivity contribution >= 4 is 17.5 Å². The lowest BCUT2D eigenvalue weighted by Gasteiger charge is -2.27. The number of nitrogens with zero attached hydrogens (tertiary/aromatic N) is 5. The Morgan fingerprint density at radius 2 is 1.97 bits per heavy atom. The highest BCUT2D eigenvalue weighted by atomic mass is 19.1. The van der Waals surface area contributed by atoms with Crippen molar-refractivity contribution < 1.29 is 14.0 Å². The number of amides is 2. The maximum atomic E-state index is 14.3. The van der Waals surface area contributed by atoms with Gasteiger partial charge in [0, 0.05) is 43.3 Å². The van der Waals surface area contributed by atoms with Crippen LogP contribution in [0.1, 0.15) is 47.9 Å². The summed E-state index contributed by atoms with van der Waals surface area (Å²) in [5.74, 6) is -1.04. The Labute approximate surface area is 208 Å². The molecule has 2 aliphatic rings. The Hall–Kier alpha value is -4.06. The number of nitriles is 1. The zero-order chi connectivity index (χ0) is 25.7. The van der Waals surface area contributed by atoms with E-state index in [0.29, 0.717) is 35.5 Å². The summed E-state index contributed by atoms with van der Waals surface area (Å²) >= 11 is 0. The molecule has 0 radical (unpaired) electrons. The van der Waals surface area contributed by atoms with E-state index in [1.54, 1.807) is 54.1 Å². The van der Waals surface area contributed by atoms with Crippen LogP contribution in [-0.4, -0.2) is 33.1 Å². The van der Waals surface area contributed by atoms with Crippen molar-refractivity contribution in [1.82, 2.24) is 20.1 Å². The summed E-state index contributed by atoms with van der Waals surface area (Å²) in [6.45, 7) is 4.29. The third-order valence-corrected chi connectivity index (χ3v) is 7.47. The predicted octanol–water partition coefficient (Wildman–Crippen LogP) is 3.91. The van der Waals surface area contributed by atoms with Crippen LogP contribution in [-0.2, 0) is 18.4 Å². The lowest BCUT2D eigenvalue weighted by molar-refractivity contribution is -0.125. The fourth-order valence-corrected chi connectivity index (χ4v) is 5.06. The van der Waals surface area contributed by atoms with Gasteiger partial charge in [-0.3, -0.25) is 14.3 Å². The van der Waals surface area contributed by atoms with Gasteiger partial charge < -0.3 is 10.2 Å². The molecule has 5 rings (SSSR count). The number of halogens is 1. The number of aryl methyl sites for hydroxylation is 2. The maximum absolute atomic E-state index is 14.3. The van der Waals surface area contributed by atoms with Gasteiger partial charge in [-0.15, -0.1) is 0 Å². The highest BCUT2D eigenvalue weighted by Gasteiger charge is 2.64. The summed E-state index contributed by atoms with van der Waals surface area (Å²) in [4.78, 5) is 32.3. The first kappa shape index (κ1) is 23.7. The van der Waals surface area contributed by atoms with Crippen molar-refractivity contribution in [2.75, 3.05) is 11.4 Å². The molecule has 1 aliphatic heterocycles. The molecule has 1 saturated carbocycles. The normalized spacial score (nSPS) is 20.3. The number of hydrogen-bond acceptors (Lipinski definition) is 5. The zero-order valence-electron chi connectivity index (χ0n) is 20.5. The van der Waals surface area contributed by atoms with Gasteiger partial charge in [0.05, 0.1) is 12.3 Å². The van der Waals surface area contributed by atoms with Crippen molar-refractivity contribution in [3.05, 3.63) is 65.5 Å². The molecule has 8 nitrogen and oxygen atoms in total. The molecule has 1 N–H and O–H groups in total.